The van der Waals surface area contributed by atoms with Crippen LogP contribution in [0.4, 0.5) is 11.5 Å². The van der Waals surface area contributed by atoms with Gasteiger partial charge in [-0.15, -0.1) is 0 Å². The average Bonchev–Trinajstić information content (AvgIpc) is 3.05. The molecule has 0 bridgehead atoms. The van der Waals surface area contributed by atoms with E-state index in [0.29, 0.717) is 18.2 Å². The summed E-state index contributed by atoms with van der Waals surface area (Å²) in [7, 11) is 0. The number of rotatable bonds is 4. The van der Waals surface area contributed by atoms with E-state index >= 15 is 0 Å². The summed E-state index contributed by atoms with van der Waals surface area (Å²) in [5.41, 5.74) is 6.57. The summed E-state index contributed by atoms with van der Waals surface area (Å²) in [5, 5.41) is 8.61. The van der Waals surface area contributed by atoms with Crippen molar-refractivity contribution in [1.29, 1.82) is 5.26 Å². The van der Waals surface area contributed by atoms with Crippen molar-refractivity contribution in [3.63, 3.8) is 0 Å². The fraction of sp³-hybridized carbons (Fsp3) is 0.455. The molecular formula is C11H14N4. The van der Waals surface area contributed by atoms with Crippen LogP contribution >= 0.6 is 0 Å². The van der Waals surface area contributed by atoms with Gasteiger partial charge >= 0.3 is 0 Å². The Kier molecular flexibility index (Phi) is 2.72. The molecule has 4 nitrogen and oxygen atoms in total. The summed E-state index contributed by atoms with van der Waals surface area (Å²) < 4.78 is 0. The number of nitrogens with two attached hydrogens (primary N) is 1. The van der Waals surface area contributed by atoms with E-state index in [9.17, 15) is 0 Å². The number of hydrogen-bond donors (Lipinski definition) is 1. The Labute approximate surface area is 89.3 Å². The van der Waals surface area contributed by atoms with Crippen LogP contribution in [0.1, 0.15) is 19.3 Å². The molecule has 0 radical (unpaired) electrons. The minimum absolute atomic E-state index is 0.520. The standard InChI is InChI=1S/C11H14N4/c12-6-2-8-15(9-4-5-9)11-10(13)3-1-7-14-11/h1,3,7,9H,2,4-5,8,13H2. The minimum Gasteiger partial charge on any atom is -0.396 e. The van der Waals surface area contributed by atoms with Gasteiger partial charge in [0.15, 0.2) is 5.82 Å². The van der Waals surface area contributed by atoms with Gasteiger partial charge in [-0.05, 0) is 25.0 Å². The van der Waals surface area contributed by atoms with Gasteiger partial charge in [0, 0.05) is 18.8 Å². The maximum absolute atomic E-state index is 8.61. The molecular weight excluding hydrogens is 188 g/mol. The fourth-order valence-electron chi connectivity index (χ4n) is 1.67. The van der Waals surface area contributed by atoms with Crippen LogP contribution in [0.15, 0.2) is 18.3 Å². The minimum atomic E-state index is 0.520. The third-order valence-corrected chi connectivity index (χ3v) is 2.54. The number of nitrogens with zero attached hydrogens (tertiary/aromatic N) is 3. The normalized spacial score (nSPS) is 14.6. The molecule has 1 heterocycles. The second-order valence-electron chi connectivity index (χ2n) is 3.75. The van der Waals surface area contributed by atoms with Gasteiger partial charge in [0.2, 0.25) is 0 Å². The van der Waals surface area contributed by atoms with E-state index in [4.69, 9.17) is 11.0 Å². The summed E-state index contributed by atoms with van der Waals surface area (Å²) in [6.45, 7) is 0.725. The summed E-state index contributed by atoms with van der Waals surface area (Å²) in [6, 6.07) is 6.38. The van der Waals surface area contributed by atoms with E-state index in [0.717, 1.165) is 12.4 Å². The second-order valence-corrected chi connectivity index (χ2v) is 3.75. The maximum atomic E-state index is 8.61. The molecule has 1 aromatic rings. The third kappa shape index (κ3) is 2.18. The van der Waals surface area contributed by atoms with Crippen molar-refractivity contribution in [1.82, 2.24) is 4.98 Å². The highest BCUT2D eigenvalue weighted by molar-refractivity contribution is 5.63. The van der Waals surface area contributed by atoms with Crippen molar-refractivity contribution in [2.24, 2.45) is 0 Å². The van der Waals surface area contributed by atoms with E-state index in [1.165, 1.54) is 12.8 Å². The lowest BCUT2D eigenvalue weighted by Crippen LogP contribution is -2.28. The molecule has 1 fully saturated rings. The molecule has 0 amide bonds. The van der Waals surface area contributed by atoms with Gasteiger partial charge in [-0.1, -0.05) is 0 Å². The Morgan fingerprint density at radius 2 is 2.40 bits per heavy atom. The zero-order chi connectivity index (χ0) is 10.7. The van der Waals surface area contributed by atoms with Crippen LogP contribution in [-0.2, 0) is 0 Å². The highest BCUT2D eigenvalue weighted by Gasteiger charge is 2.30. The predicted octanol–water partition coefficient (Wildman–Crippen LogP) is 1.55. The van der Waals surface area contributed by atoms with Crippen LogP contribution in [0.25, 0.3) is 0 Å². The highest BCUT2D eigenvalue weighted by Crippen LogP contribution is 2.33. The summed E-state index contributed by atoms with van der Waals surface area (Å²) in [6.07, 6.45) is 4.63. The first-order chi connectivity index (χ1) is 7.33. The van der Waals surface area contributed by atoms with E-state index in [-0.39, 0.29) is 0 Å². The molecule has 0 spiro atoms. The lowest BCUT2D eigenvalue weighted by molar-refractivity contribution is 0.780. The smallest absolute Gasteiger partial charge is 0.152 e. The maximum Gasteiger partial charge on any atom is 0.152 e. The zero-order valence-electron chi connectivity index (χ0n) is 8.56. The van der Waals surface area contributed by atoms with Gasteiger partial charge in [0.25, 0.3) is 0 Å². The van der Waals surface area contributed by atoms with Crippen LogP contribution < -0.4 is 10.6 Å². The SMILES string of the molecule is N#CCCN(c1ncccc1N)C1CC1. The van der Waals surface area contributed by atoms with Crippen molar-refractivity contribution in [3.05, 3.63) is 18.3 Å². The molecule has 15 heavy (non-hydrogen) atoms. The number of pyridine rings is 1. The van der Waals surface area contributed by atoms with Crippen LogP contribution in [0.2, 0.25) is 0 Å². The Morgan fingerprint density at radius 3 is 3.00 bits per heavy atom. The zero-order valence-corrected chi connectivity index (χ0v) is 8.56. The molecule has 0 atom stereocenters. The highest BCUT2D eigenvalue weighted by atomic mass is 15.2. The Morgan fingerprint density at radius 1 is 1.60 bits per heavy atom. The van der Waals surface area contributed by atoms with Gasteiger partial charge < -0.3 is 10.6 Å². The third-order valence-electron chi connectivity index (χ3n) is 2.54. The molecule has 2 rings (SSSR count). The topological polar surface area (TPSA) is 65.9 Å². The molecule has 1 aliphatic carbocycles. The van der Waals surface area contributed by atoms with Gasteiger partial charge in [0.1, 0.15) is 0 Å². The Bertz CT molecular complexity index is 378. The van der Waals surface area contributed by atoms with Crippen LogP contribution in [0.3, 0.4) is 0 Å². The molecule has 1 saturated carbocycles. The quantitative estimate of drug-likeness (QED) is 0.804. The van der Waals surface area contributed by atoms with Gasteiger partial charge in [-0.3, -0.25) is 0 Å². The number of nitrogen functional groups attached to an aromatic ring is 1. The lowest BCUT2D eigenvalue weighted by Gasteiger charge is -2.23. The number of anilines is 2. The van der Waals surface area contributed by atoms with Gasteiger partial charge in [-0.2, -0.15) is 5.26 Å². The molecule has 78 valence electrons. The van der Waals surface area contributed by atoms with E-state index in [1.807, 2.05) is 12.1 Å². The number of hydrogen-bond acceptors (Lipinski definition) is 4. The first-order valence-corrected chi connectivity index (χ1v) is 5.17. The van der Waals surface area contributed by atoms with E-state index in [2.05, 4.69) is 16.0 Å². The molecule has 1 aliphatic rings. The van der Waals surface area contributed by atoms with Crippen molar-refractivity contribution in [2.45, 2.75) is 25.3 Å². The average molecular weight is 202 g/mol. The van der Waals surface area contributed by atoms with Crippen molar-refractivity contribution in [3.8, 4) is 6.07 Å². The van der Waals surface area contributed by atoms with E-state index < -0.39 is 0 Å². The predicted molar refractivity (Wildman–Crippen MR) is 59.2 cm³/mol. The Balaban J connectivity index is 2.17. The first-order valence-electron chi connectivity index (χ1n) is 5.17. The Hall–Kier alpha value is -1.76. The first kappa shape index (κ1) is 9.78. The number of nitriles is 1. The largest absolute Gasteiger partial charge is 0.396 e. The molecule has 1 aromatic heterocycles. The van der Waals surface area contributed by atoms with E-state index in [1.54, 1.807) is 6.20 Å². The van der Waals surface area contributed by atoms with Crippen LogP contribution in [0, 0.1) is 11.3 Å². The van der Waals surface area contributed by atoms with Crippen molar-refractivity contribution in [2.75, 3.05) is 17.2 Å². The molecule has 0 aliphatic heterocycles. The van der Waals surface area contributed by atoms with Crippen molar-refractivity contribution >= 4 is 11.5 Å². The second kappa shape index (κ2) is 4.18. The van der Waals surface area contributed by atoms with Gasteiger partial charge in [-0.25, -0.2) is 4.98 Å². The monoisotopic (exact) mass is 202 g/mol. The summed E-state index contributed by atoms with van der Waals surface area (Å²) >= 11 is 0. The summed E-state index contributed by atoms with van der Waals surface area (Å²) in [5.74, 6) is 0.829. The summed E-state index contributed by atoms with van der Waals surface area (Å²) in [4.78, 5) is 6.44. The molecule has 2 N–H and O–H groups in total. The van der Waals surface area contributed by atoms with Crippen molar-refractivity contribution < 1.29 is 0 Å². The van der Waals surface area contributed by atoms with Crippen LogP contribution in [0.5, 0.6) is 0 Å². The lowest BCUT2D eigenvalue weighted by atomic mass is 10.3. The fourth-order valence-corrected chi connectivity index (χ4v) is 1.67. The molecule has 0 saturated heterocycles. The van der Waals surface area contributed by atoms with Gasteiger partial charge in [0.05, 0.1) is 18.2 Å². The molecule has 0 unspecified atom stereocenters. The molecule has 4 heteroatoms. The van der Waals surface area contributed by atoms with Crippen LogP contribution in [-0.4, -0.2) is 17.6 Å². The number of aromatic nitrogens is 1. The molecule has 0 aromatic carbocycles.